The van der Waals surface area contributed by atoms with E-state index in [1.807, 2.05) is 0 Å². The van der Waals surface area contributed by atoms with E-state index in [-0.39, 0.29) is 0 Å². The van der Waals surface area contributed by atoms with Crippen molar-refractivity contribution >= 4 is 17.1 Å². The molecule has 0 unspecified atom stereocenters. The number of hydrogen-bond donors (Lipinski definition) is 0. The second kappa shape index (κ2) is 21.5. The zero-order valence-electron chi connectivity index (χ0n) is 44.5. The molecule has 7 aromatic carbocycles. The molecule has 7 aromatic rings. The Hall–Kier alpha value is -5.66. The third-order valence-corrected chi connectivity index (χ3v) is 19.9. The molecule has 0 heterocycles. The Bertz CT molecular complexity index is 2880. The fourth-order valence-corrected chi connectivity index (χ4v) is 15.8. The first kappa shape index (κ1) is 48.0. The fourth-order valence-electron chi connectivity index (χ4n) is 15.8. The highest BCUT2D eigenvalue weighted by molar-refractivity contribution is 5.90. The van der Waals surface area contributed by atoms with E-state index < -0.39 is 5.41 Å². The fraction of sp³-hybridized carbons (Fsp3) is 0.425. The standard InChI is InChI=1S/C73H81N/c1-6-18-52(19-7-1)57-30-38-64(39-31-57)73(65-40-32-58(33-41-65)53-20-8-2-9-21-53)71-29-17-16-28-69(71)70-47-46-68(51-72(70)73)74(66-42-34-59(35-43-66)54-22-10-3-11-23-54)67-44-36-60(37-45-67)63-49-61(55-24-12-4-13-25-55)48-62(50-63)56-26-14-5-15-27-56/h16-17,28-56H,1-15,18-27H2. The average molecular weight is 972 g/mol. The maximum absolute atomic E-state index is 2.64. The van der Waals surface area contributed by atoms with Gasteiger partial charge >= 0.3 is 0 Å². The molecular weight excluding hydrogens is 891 g/mol. The van der Waals surface area contributed by atoms with Crippen LogP contribution in [0.1, 0.15) is 240 Å². The Morgan fingerprint density at radius 1 is 0.270 bits per heavy atom. The molecule has 0 aliphatic heterocycles. The van der Waals surface area contributed by atoms with E-state index in [2.05, 4.69) is 163 Å². The van der Waals surface area contributed by atoms with Crippen LogP contribution >= 0.6 is 0 Å². The molecule has 0 radical (unpaired) electrons. The van der Waals surface area contributed by atoms with Crippen LogP contribution in [0.15, 0.2) is 158 Å². The lowest BCUT2D eigenvalue weighted by Gasteiger charge is -2.35. The van der Waals surface area contributed by atoms with Crippen LogP contribution in [0.25, 0.3) is 22.3 Å². The van der Waals surface area contributed by atoms with Crippen molar-refractivity contribution in [3.63, 3.8) is 0 Å². The number of hydrogen-bond acceptors (Lipinski definition) is 1. The monoisotopic (exact) mass is 972 g/mol. The van der Waals surface area contributed by atoms with Crippen molar-refractivity contribution in [3.05, 3.63) is 208 Å². The van der Waals surface area contributed by atoms with Crippen LogP contribution in [0.2, 0.25) is 0 Å². The van der Waals surface area contributed by atoms with E-state index in [1.54, 1.807) is 11.1 Å². The molecule has 0 atom stereocenters. The summed E-state index contributed by atoms with van der Waals surface area (Å²) in [5.41, 5.74) is 21.9. The maximum Gasteiger partial charge on any atom is 0.0714 e. The first-order valence-corrected chi connectivity index (χ1v) is 30.3. The van der Waals surface area contributed by atoms with E-state index in [9.17, 15) is 0 Å². The smallest absolute Gasteiger partial charge is 0.0714 e. The minimum absolute atomic E-state index is 0.474. The first-order valence-electron chi connectivity index (χ1n) is 30.3. The predicted molar refractivity (Wildman–Crippen MR) is 313 cm³/mol. The minimum Gasteiger partial charge on any atom is -0.310 e. The minimum atomic E-state index is -0.474. The third kappa shape index (κ3) is 9.32. The van der Waals surface area contributed by atoms with Crippen molar-refractivity contribution in [2.75, 3.05) is 4.90 Å². The van der Waals surface area contributed by atoms with E-state index in [4.69, 9.17) is 0 Å². The van der Waals surface area contributed by atoms with E-state index in [1.165, 1.54) is 239 Å². The number of benzene rings is 7. The molecule has 5 fully saturated rings. The van der Waals surface area contributed by atoms with Crippen molar-refractivity contribution in [2.45, 2.75) is 196 Å². The van der Waals surface area contributed by atoms with Gasteiger partial charge in [-0.05, 0) is 203 Å². The summed E-state index contributed by atoms with van der Waals surface area (Å²) < 4.78 is 0. The molecule has 0 spiro atoms. The summed E-state index contributed by atoms with van der Waals surface area (Å²) in [4.78, 5) is 2.58. The summed E-state index contributed by atoms with van der Waals surface area (Å²) in [5, 5.41) is 0. The molecular formula is C73H81N. The van der Waals surface area contributed by atoms with Gasteiger partial charge in [0.15, 0.2) is 0 Å². The summed E-state index contributed by atoms with van der Waals surface area (Å²) in [6.45, 7) is 0. The highest BCUT2D eigenvalue weighted by Gasteiger charge is 2.46. The Morgan fingerprint density at radius 2 is 0.635 bits per heavy atom. The van der Waals surface area contributed by atoms with Crippen LogP contribution in [0, 0.1) is 0 Å². The highest BCUT2D eigenvalue weighted by Crippen LogP contribution is 2.58. The Labute approximate surface area is 445 Å². The van der Waals surface area contributed by atoms with Gasteiger partial charge in [-0.2, -0.15) is 0 Å². The van der Waals surface area contributed by atoms with Gasteiger partial charge in [-0.3, -0.25) is 0 Å². The first-order chi connectivity index (χ1) is 36.7. The van der Waals surface area contributed by atoms with Crippen LogP contribution < -0.4 is 4.90 Å². The lowest BCUT2D eigenvalue weighted by atomic mass is 9.67. The molecule has 74 heavy (non-hydrogen) atoms. The summed E-state index contributed by atoms with van der Waals surface area (Å²) in [5.74, 6) is 3.40. The van der Waals surface area contributed by atoms with E-state index in [0.717, 1.165) is 0 Å². The van der Waals surface area contributed by atoms with Gasteiger partial charge in [0.2, 0.25) is 0 Å². The van der Waals surface area contributed by atoms with Crippen LogP contribution in [0.5, 0.6) is 0 Å². The van der Waals surface area contributed by atoms with Gasteiger partial charge in [-0.1, -0.05) is 218 Å². The molecule has 1 nitrogen and oxygen atoms in total. The highest BCUT2D eigenvalue weighted by atomic mass is 15.1. The van der Waals surface area contributed by atoms with Gasteiger partial charge in [-0.25, -0.2) is 0 Å². The Kier molecular flexibility index (Phi) is 14.0. The van der Waals surface area contributed by atoms with Crippen molar-refractivity contribution in [1.29, 1.82) is 0 Å². The van der Waals surface area contributed by atoms with Crippen LogP contribution in [-0.2, 0) is 5.41 Å². The summed E-state index contributed by atoms with van der Waals surface area (Å²) in [6, 6.07) is 64.4. The van der Waals surface area contributed by atoms with E-state index in [0.29, 0.717) is 29.6 Å². The molecule has 13 rings (SSSR count). The number of anilines is 3. The van der Waals surface area contributed by atoms with Crippen molar-refractivity contribution in [3.8, 4) is 22.3 Å². The topological polar surface area (TPSA) is 3.24 Å². The second-order valence-electron chi connectivity index (χ2n) is 24.3. The molecule has 0 bridgehead atoms. The lowest BCUT2D eigenvalue weighted by molar-refractivity contribution is 0.435. The molecule has 6 aliphatic rings. The van der Waals surface area contributed by atoms with Crippen LogP contribution in [0.4, 0.5) is 17.1 Å². The van der Waals surface area contributed by atoms with Crippen molar-refractivity contribution in [2.24, 2.45) is 0 Å². The van der Waals surface area contributed by atoms with Crippen LogP contribution in [-0.4, -0.2) is 0 Å². The van der Waals surface area contributed by atoms with Crippen molar-refractivity contribution in [1.82, 2.24) is 0 Å². The number of rotatable bonds is 11. The molecule has 0 saturated heterocycles. The predicted octanol–water partition coefficient (Wildman–Crippen LogP) is 21.4. The van der Waals surface area contributed by atoms with Crippen molar-refractivity contribution < 1.29 is 0 Å². The average Bonchev–Trinajstić information content (AvgIpc) is 3.82. The van der Waals surface area contributed by atoms with Gasteiger partial charge in [0.1, 0.15) is 0 Å². The Morgan fingerprint density at radius 3 is 1.08 bits per heavy atom. The van der Waals surface area contributed by atoms with E-state index >= 15 is 0 Å². The molecule has 0 amide bonds. The van der Waals surface area contributed by atoms with Gasteiger partial charge in [0, 0.05) is 17.1 Å². The van der Waals surface area contributed by atoms with Gasteiger partial charge < -0.3 is 4.90 Å². The zero-order chi connectivity index (χ0) is 49.3. The lowest BCUT2D eigenvalue weighted by Crippen LogP contribution is -2.29. The summed E-state index contributed by atoms with van der Waals surface area (Å²) in [6.07, 6.45) is 33.8. The number of nitrogens with zero attached hydrogens (tertiary/aromatic N) is 1. The molecule has 1 heteroatoms. The normalized spacial score (nSPS) is 20.0. The number of fused-ring (bicyclic) bond motifs is 3. The quantitative estimate of drug-likeness (QED) is 0.125. The Balaban J connectivity index is 0.947. The van der Waals surface area contributed by atoms with Crippen LogP contribution in [0.3, 0.4) is 0 Å². The second-order valence-corrected chi connectivity index (χ2v) is 24.3. The summed E-state index contributed by atoms with van der Waals surface area (Å²) >= 11 is 0. The molecule has 5 saturated carbocycles. The van der Waals surface area contributed by atoms with Gasteiger partial charge in [-0.15, -0.1) is 0 Å². The zero-order valence-corrected chi connectivity index (χ0v) is 44.5. The van der Waals surface area contributed by atoms with Gasteiger partial charge in [0.05, 0.1) is 5.41 Å². The van der Waals surface area contributed by atoms with Gasteiger partial charge in [0.25, 0.3) is 0 Å². The third-order valence-electron chi connectivity index (χ3n) is 19.9. The molecule has 0 N–H and O–H groups in total. The SMILES string of the molecule is c1ccc2c(c1)-c1ccc(N(c3ccc(-c4cc(C5CCCCC5)cc(C5CCCCC5)c4)cc3)c3ccc(C4CCCCC4)cc3)cc1C2(c1ccc(C2CCCCC2)cc1)c1ccc(C2CCCCC2)cc1. The maximum atomic E-state index is 2.64. The largest absolute Gasteiger partial charge is 0.310 e. The molecule has 0 aromatic heterocycles. The molecule has 378 valence electrons. The summed E-state index contributed by atoms with van der Waals surface area (Å²) in [7, 11) is 0. The molecule has 6 aliphatic carbocycles.